The second-order valence-corrected chi connectivity index (χ2v) is 13.3. The third-order valence-corrected chi connectivity index (χ3v) is 9.64. The Morgan fingerprint density at radius 2 is 1.35 bits per heavy atom. The van der Waals surface area contributed by atoms with E-state index in [0.717, 1.165) is 42.5 Å². The number of hydrogen-bond acceptors (Lipinski definition) is 6. The van der Waals surface area contributed by atoms with Crippen LogP contribution in [0.4, 0.5) is 0 Å². The van der Waals surface area contributed by atoms with E-state index in [1.807, 2.05) is 13.8 Å². The molecule has 1 atom stereocenters. The SMILES string of the molecule is CC.CCCCCCN(C)CC1=CC(c2cc(OC)c(OC)c(C3CCC3)c2)NC=C1.CCCCc1cc(OC)c(OC)c(C2CC2)c1. The van der Waals surface area contributed by atoms with Gasteiger partial charge in [0.25, 0.3) is 0 Å². The summed E-state index contributed by atoms with van der Waals surface area (Å²) < 4.78 is 22.4. The lowest BCUT2D eigenvalue weighted by Gasteiger charge is -2.30. The number of dihydropyridines is 1. The Morgan fingerprint density at radius 1 is 0.729 bits per heavy atom. The molecule has 0 radical (unpaired) electrons. The van der Waals surface area contributed by atoms with Gasteiger partial charge in [0.1, 0.15) is 0 Å². The fraction of sp³-hybridized carbons (Fsp3) is 0.619. The largest absolute Gasteiger partial charge is 0.493 e. The first-order valence-corrected chi connectivity index (χ1v) is 18.8. The molecule has 48 heavy (non-hydrogen) atoms. The van der Waals surface area contributed by atoms with E-state index in [9.17, 15) is 0 Å². The molecule has 1 unspecified atom stereocenters. The van der Waals surface area contributed by atoms with Crippen LogP contribution in [0.1, 0.15) is 138 Å². The molecule has 0 bridgehead atoms. The monoisotopic (exact) mass is 663 g/mol. The molecular formula is C42H66N2O4. The maximum Gasteiger partial charge on any atom is 0.164 e. The van der Waals surface area contributed by atoms with E-state index in [1.54, 1.807) is 28.4 Å². The highest BCUT2D eigenvalue weighted by Crippen LogP contribution is 2.48. The Hall–Kier alpha value is -3.12. The quantitative estimate of drug-likeness (QED) is 0.170. The molecule has 2 aromatic carbocycles. The topological polar surface area (TPSA) is 52.2 Å². The van der Waals surface area contributed by atoms with Crippen LogP contribution in [0.25, 0.3) is 0 Å². The van der Waals surface area contributed by atoms with E-state index in [2.05, 4.69) is 73.7 Å². The first-order chi connectivity index (χ1) is 23.5. The van der Waals surface area contributed by atoms with E-state index >= 15 is 0 Å². The van der Waals surface area contributed by atoms with Crippen molar-refractivity contribution in [3.05, 3.63) is 70.4 Å². The number of likely N-dealkylation sites (N-methyl/N-ethyl adjacent to an activating group) is 1. The Bertz CT molecular complexity index is 1300. The van der Waals surface area contributed by atoms with E-state index in [4.69, 9.17) is 18.9 Å². The number of methoxy groups -OCH3 is 4. The van der Waals surface area contributed by atoms with Gasteiger partial charge in [0.2, 0.25) is 0 Å². The highest BCUT2D eigenvalue weighted by molar-refractivity contribution is 5.54. The van der Waals surface area contributed by atoms with Crippen LogP contribution < -0.4 is 24.3 Å². The second kappa shape index (κ2) is 21.1. The maximum atomic E-state index is 5.71. The van der Waals surface area contributed by atoms with Crippen LogP contribution in [-0.4, -0.2) is 53.5 Å². The molecule has 2 saturated carbocycles. The first kappa shape index (κ1) is 39.3. The summed E-state index contributed by atoms with van der Waals surface area (Å²) in [4.78, 5) is 2.43. The molecule has 268 valence electrons. The van der Waals surface area contributed by atoms with Crippen molar-refractivity contribution in [1.29, 1.82) is 0 Å². The Labute approximate surface area is 293 Å². The summed E-state index contributed by atoms with van der Waals surface area (Å²) in [5, 5.41) is 3.52. The summed E-state index contributed by atoms with van der Waals surface area (Å²) in [7, 11) is 9.15. The molecule has 1 heterocycles. The predicted molar refractivity (Wildman–Crippen MR) is 202 cm³/mol. The molecule has 0 saturated heterocycles. The zero-order chi connectivity index (χ0) is 34.9. The van der Waals surface area contributed by atoms with Crippen LogP contribution in [0.2, 0.25) is 0 Å². The van der Waals surface area contributed by atoms with Crippen LogP contribution in [0, 0.1) is 0 Å². The molecule has 1 aliphatic heterocycles. The molecule has 2 aliphatic carbocycles. The smallest absolute Gasteiger partial charge is 0.164 e. The number of nitrogens with one attached hydrogen (secondary N) is 1. The summed E-state index contributed by atoms with van der Waals surface area (Å²) in [5.74, 6) is 4.86. The van der Waals surface area contributed by atoms with Crippen molar-refractivity contribution in [3.8, 4) is 23.0 Å². The highest BCUT2D eigenvalue weighted by atomic mass is 16.5. The zero-order valence-electron chi connectivity index (χ0n) is 31.8. The van der Waals surface area contributed by atoms with E-state index in [-0.39, 0.29) is 6.04 Å². The standard InChI is InChI=1S/C25H38N2O2.C15H22O2.C2H6/c1-5-6-7-8-14-27(2)18-19-12-13-26-23(15-19)21-16-22(20-10-9-11-20)25(29-4)24(17-21)28-3;1-4-5-6-11-9-13(12-7-8-12)15(17-3)14(10-11)16-2;1-2/h12-13,15-17,20,23,26H,5-11,14,18H2,1-4H3;9-10,12H,4-8H2,1-3H3;1-2H3. The Morgan fingerprint density at radius 3 is 1.92 bits per heavy atom. The minimum Gasteiger partial charge on any atom is -0.493 e. The van der Waals surface area contributed by atoms with Gasteiger partial charge in [0.15, 0.2) is 23.0 Å². The summed E-state index contributed by atoms with van der Waals surface area (Å²) in [6, 6.07) is 9.06. The Balaban J connectivity index is 0.000000279. The molecule has 3 aliphatic rings. The van der Waals surface area contributed by atoms with Gasteiger partial charge in [-0.15, -0.1) is 0 Å². The molecule has 2 aromatic rings. The van der Waals surface area contributed by atoms with Crippen LogP contribution in [0.15, 0.2) is 48.2 Å². The van der Waals surface area contributed by atoms with Crippen molar-refractivity contribution in [1.82, 2.24) is 10.2 Å². The number of aryl methyl sites for hydroxylation is 1. The molecule has 6 heteroatoms. The van der Waals surface area contributed by atoms with Gasteiger partial charge in [-0.25, -0.2) is 0 Å². The Kier molecular flexibility index (Phi) is 17.3. The van der Waals surface area contributed by atoms with Crippen molar-refractivity contribution >= 4 is 0 Å². The number of benzene rings is 2. The molecule has 0 amide bonds. The van der Waals surface area contributed by atoms with Crippen LogP contribution in [-0.2, 0) is 6.42 Å². The number of unbranched alkanes of at least 4 members (excludes halogenated alkanes) is 4. The van der Waals surface area contributed by atoms with Gasteiger partial charge in [-0.2, -0.15) is 0 Å². The number of rotatable bonds is 17. The van der Waals surface area contributed by atoms with E-state index < -0.39 is 0 Å². The fourth-order valence-corrected chi connectivity index (χ4v) is 6.57. The summed E-state index contributed by atoms with van der Waals surface area (Å²) in [6.07, 6.45) is 21.8. The van der Waals surface area contributed by atoms with Gasteiger partial charge in [-0.3, -0.25) is 0 Å². The molecule has 0 aromatic heterocycles. The number of ether oxygens (including phenoxy) is 4. The maximum absolute atomic E-state index is 5.71. The van der Waals surface area contributed by atoms with Gasteiger partial charge in [-0.05, 0) is 118 Å². The average Bonchev–Trinajstić information content (AvgIpc) is 3.95. The number of hydrogen-bond donors (Lipinski definition) is 1. The predicted octanol–water partition coefficient (Wildman–Crippen LogP) is 10.5. The third kappa shape index (κ3) is 11.2. The lowest BCUT2D eigenvalue weighted by Crippen LogP contribution is -2.25. The molecule has 1 N–H and O–H groups in total. The van der Waals surface area contributed by atoms with Crippen LogP contribution >= 0.6 is 0 Å². The molecular weight excluding hydrogens is 596 g/mol. The molecule has 2 fully saturated rings. The van der Waals surface area contributed by atoms with Crippen molar-refractivity contribution < 1.29 is 18.9 Å². The van der Waals surface area contributed by atoms with E-state index in [0.29, 0.717) is 11.8 Å². The van der Waals surface area contributed by atoms with Crippen LogP contribution in [0.3, 0.4) is 0 Å². The van der Waals surface area contributed by atoms with Crippen molar-refractivity contribution in [2.75, 3.05) is 48.6 Å². The van der Waals surface area contributed by atoms with Crippen molar-refractivity contribution in [2.45, 2.75) is 123 Å². The minimum atomic E-state index is 0.169. The summed E-state index contributed by atoms with van der Waals surface area (Å²) in [6.45, 7) is 10.6. The highest BCUT2D eigenvalue weighted by Gasteiger charge is 2.29. The zero-order valence-corrected chi connectivity index (χ0v) is 31.8. The van der Waals surface area contributed by atoms with Gasteiger partial charge in [-0.1, -0.05) is 71.9 Å². The van der Waals surface area contributed by atoms with Crippen molar-refractivity contribution in [2.24, 2.45) is 0 Å². The second-order valence-electron chi connectivity index (χ2n) is 13.3. The van der Waals surface area contributed by atoms with Gasteiger partial charge >= 0.3 is 0 Å². The van der Waals surface area contributed by atoms with E-state index in [1.165, 1.54) is 98.5 Å². The first-order valence-electron chi connectivity index (χ1n) is 18.8. The minimum absolute atomic E-state index is 0.169. The van der Waals surface area contributed by atoms with Gasteiger partial charge in [0.05, 0.1) is 34.5 Å². The fourth-order valence-electron chi connectivity index (χ4n) is 6.57. The molecule has 6 nitrogen and oxygen atoms in total. The van der Waals surface area contributed by atoms with Gasteiger partial charge in [0, 0.05) is 17.7 Å². The number of nitrogens with zero attached hydrogens (tertiary/aromatic N) is 1. The lowest BCUT2D eigenvalue weighted by atomic mass is 9.78. The van der Waals surface area contributed by atoms with Crippen molar-refractivity contribution in [3.63, 3.8) is 0 Å². The summed E-state index contributed by atoms with van der Waals surface area (Å²) >= 11 is 0. The molecule has 5 rings (SSSR count). The molecule has 0 spiro atoms. The average molecular weight is 663 g/mol. The summed E-state index contributed by atoms with van der Waals surface area (Å²) in [5.41, 5.74) is 6.64. The lowest BCUT2D eigenvalue weighted by molar-refractivity contribution is 0.336. The third-order valence-electron chi connectivity index (χ3n) is 9.64. The van der Waals surface area contributed by atoms with Gasteiger partial charge < -0.3 is 29.2 Å². The van der Waals surface area contributed by atoms with Crippen LogP contribution in [0.5, 0.6) is 23.0 Å². The normalized spacial score (nSPS) is 16.8.